The summed E-state index contributed by atoms with van der Waals surface area (Å²) in [5, 5.41) is 6.16. The van der Waals surface area contributed by atoms with Gasteiger partial charge in [-0.15, -0.1) is 10.2 Å². The molecule has 1 aliphatic heterocycles. The topological polar surface area (TPSA) is 51.0 Å². The molecule has 108 valence electrons. The van der Waals surface area contributed by atoms with E-state index >= 15 is 0 Å². The van der Waals surface area contributed by atoms with Crippen LogP contribution in [0.5, 0.6) is 0 Å². The predicted molar refractivity (Wildman–Crippen MR) is 64.0 cm³/mol. The Balaban J connectivity index is 2.14. The fourth-order valence-electron chi connectivity index (χ4n) is 1.62. The van der Waals surface area contributed by atoms with Gasteiger partial charge in [-0.25, -0.2) is 0 Å². The number of ether oxygens (including phenoxy) is 1. The first-order valence-corrected chi connectivity index (χ1v) is 5.85. The molecule has 0 aromatic heterocycles. The second-order valence-corrected chi connectivity index (χ2v) is 4.08. The number of alkyl halides is 3. The summed E-state index contributed by atoms with van der Waals surface area (Å²) in [4.78, 5) is 11.4. The van der Waals surface area contributed by atoms with Crippen molar-refractivity contribution < 1.29 is 25.4 Å². The Morgan fingerprint density at radius 1 is 1.35 bits per heavy atom. The molecule has 7 heteroatoms. The van der Waals surface area contributed by atoms with Gasteiger partial charge in [-0.1, -0.05) is 24.3 Å². The summed E-state index contributed by atoms with van der Waals surface area (Å²) in [5.41, 5.74) is -2.42. The Bertz CT molecular complexity index is 584. The highest BCUT2D eigenvalue weighted by atomic mass is 19.4. The van der Waals surface area contributed by atoms with Crippen LogP contribution in [0.2, 0.25) is 0 Å². The van der Waals surface area contributed by atoms with Crippen LogP contribution in [0.1, 0.15) is 27.2 Å². The summed E-state index contributed by atoms with van der Waals surface area (Å²) in [6.45, 7) is 1.68. The quantitative estimate of drug-likeness (QED) is 0.780. The summed E-state index contributed by atoms with van der Waals surface area (Å²) in [6.07, 6.45) is -7.32. The molecule has 1 heterocycles. The van der Waals surface area contributed by atoms with Crippen LogP contribution in [0, 0.1) is 0 Å². The monoisotopic (exact) mass is 288 g/mol. The van der Waals surface area contributed by atoms with Gasteiger partial charge in [0.25, 0.3) is 0 Å². The molecule has 2 unspecified atom stereocenters. The van der Waals surface area contributed by atoms with Gasteiger partial charge >= 0.3 is 17.8 Å². The Morgan fingerprint density at radius 3 is 2.40 bits per heavy atom. The molecule has 0 fully saturated rings. The molecule has 1 aliphatic rings. The number of aryl methyl sites for hydroxylation is 1. The molecule has 2 rings (SSSR count). The third-order valence-electron chi connectivity index (χ3n) is 2.71. The van der Waals surface area contributed by atoms with E-state index in [0.717, 1.165) is 12.1 Å². The molecule has 0 aliphatic carbocycles. The van der Waals surface area contributed by atoms with Crippen LogP contribution in [0.25, 0.3) is 0 Å². The SMILES string of the molecule is [2H]C(C(=O)OCC)C([2H])c1ccc(C2(C(F)(F)F)N=N2)cc1. The highest BCUT2D eigenvalue weighted by Crippen LogP contribution is 2.52. The number of hydrogen-bond donors (Lipinski definition) is 0. The first-order valence-electron chi connectivity index (χ1n) is 7.00. The first kappa shape index (κ1) is 11.9. The van der Waals surface area contributed by atoms with Crippen molar-refractivity contribution in [3.63, 3.8) is 0 Å². The molecule has 2 atom stereocenters. The van der Waals surface area contributed by atoms with Crippen LogP contribution in [0.15, 0.2) is 34.5 Å². The average molecular weight is 288 g/mol. The van der Waals surface area contributed by atoms with Crippen molar-refractivity contribution in [2.45, 2.75) is 31.6 Å². The molecule has 4 nitrogen and oxygen atoms in total. The van der Waals surface area contributed by atoms with Crippen molar-refractivity contribution >= 4 is 5.97 Å². The molecular formula is C13H13F3N2O2. The number of nitrogens with zero attached hydrogens (tertiary/aromatic N) is 2. The number of carbonyl (C=O) groups excluding carboxylic acids is 1. The van der Waals surface area contributed by atoms with E-state index in [4.69, 9.17) is 2.74 Å². The summed E-state index contributed by atoms with van der Waals surface area (Å²) >= 11 is 0. The molecule has 0 spiro atoms. The highest BCUT2D eigenvalue weighted by molar-refractivity contribution is 5.69. The Hall–Kier alpha value is -1.92. The lowest BCUT2D eigenvalue weighted by Gasteiger charge is -2.14. The maximum Gasteiger partial charge on any atom is 0.442 e. The molecule has 0 N–H and O–H groups in total. The molecular weight excluding hydrogens is 273 g/mol. The number of hydrogen-bond acceptors (Lipinski definition) is 4. The van der Waals surface area contributed by atoms with Crippen molar-refractivity contribution in [2.75, 3.05) is 6.61 Å². The third-order valence-corrected chi connectivity index (χ3v) is 2.71. The van der Waals surface area contributed by atoms with Gasteiger partial charge in [0.05, 0.1) is 6.61 Å². The van der Waals surface area contributed by atoms with E-state index in [1.807, 2.05) is 0 Å². The summed E-state index contributed by atoms with van der Waals surface area (Å²) in [6, 6.07) is 4.85. The second-order valence-electron chi connectivity index (χ2n) is 4.08. The minimum atomic E-state index is -4.61. The number of carbonyl (C=O) groups is 1. The van der Waals surface area contributed by atoms with Crippen LogP contribution < -0.4 is 0 Å². The van der Waals surface area contributed by atoms with E-state index in [-0.39, 0.29) is 17.7 Å². The Kier molecular flexibility index (Phi) is 3.10. The van der Waals surface area contributed by atoms with E-state index in [1.54, 1.807) is 6.92 Å². The van der Waals surface area contributed by atoms with Gasteiger partial charge in [-0.05, 0) is 18.9 Å². The van der Waals surface area contributed by atoms with Gasteiger partial charge in [0, 0.05) is 14.7 Å². The standard InChI is InChI=1S/C13H13F3N2O2/c1-2-20-11(19)8-5-9-3-6-10(7-4-9)12(17-18-12)13(14,15)16/h3-4,6-7H,2,5,8H2,1H3/i5D,8D. The summed E-state index contributed by atoms with van der Waals surface area (Å²) < 4.78 is 58.7. The van der Waals surface area contributed by atoms with Crippen molar-refractivity contribution in [1.82, 2.24) is 0 Å². The van der Waals surface area contributed by atoms with Gasteiger partial charge in [0.1, 0.15) is 0 Å². The van der Waals surface area contributed by atoms with Gasteiger partial charge < -0.3 is 4.74 Å². The predicted octanol–water partition coefficient (Wildman–Crippen LogP) is 3.36. The van der Waals surface area contributed by atoms with E-state index in [1.165, 1.54) is 12.1 Å². The third kappa shape index (κ3) is 2.81. The van der Waals surface area contributed by atoms with E-state index in [9.17, 15) is 18.0 Å². The molecule has 20 heavy (non-hydrogen) atoms. The Labute approximate surface area is 116 Å². The van der Waals surface area contributed by atoms with Gasteiger partial charge in [-0.2, -0.15) is 13.2 Å². The molecule has 0 saturated heterocycles. The number of esters is 1. The molecule has 0 radical (unpaired) electrons. The minimum Gasteiger partial charge on any atom is -0.466 e. The van der Waals surface area contributed by atoms with Crippen LogP contribution in [-0.4, -0.2) is 18.8 Å². The molecule has 1 aromatic rings. The maximum atomic E-state index is 12.8. The van der Waals surface area contributed by atoms with Crippen molar-refractivity contribution in [1.29, 1.82) is 0 Å². The summed E-state index contributed by atoms with van der Waals surface area (Å²) in [5.74, 6) is -0.842. The smallest absolute Gasteiger partial charge is 0.442 e. The molecule has 0 bridgehead atoms. The van der Waals surface area contributed by atoms with Crippen LogP contribution in [0.3, 0.4) is 0 Å². The first-order chi connectivity index (χ1) is 10.2. The number of benzene rings is 1. The normalized spacial score (nSPS) is 20.6. The van der Waals surface area contributed by atoms with E-state index in [2.05, 4.69) is 15.0 Å². The minimum absolute atomic E-state index is 0.0942. The van der Waals surface area contributed by atoms with Crippen LogP contribution in [0.4, 0.5) is 13.2 Å². The largest absolute Gasteiger partial charge is 0.466 e. The van der Waals surface area contributed by atoms with Crippen LogP contribution in [-0.2, 0) is 21.6 Å². The Morgan fingerprint density at radius 2 is 1.95 bits per heavy atom. The van der Waals surface area contributed by atoms with Crippen molar-refractivity contribution in [2.24, 2.45) is 10.2 Å². The fraction of sp³-hybridized carbons (Fsp3) is 0.462. The van der Waals surface area contributed by atoms with E-state index in [0.29, 0.717) is 0 Å². The molecule has 0 saturated carbocycles. The lowest BCUT2D eigenvalue weighted by Crippen LogP contribution is -2.30. The highest BCUT2D eigenvalue weighted by Gasteiger charge is 2.65. The number of rotatable bonds is 5. The number of halogens is 3. The zero-order valence-electron chi connectivity index (χ0n) is 12.5. The van der Waals surface area contributed by atoms with Crippen LogP contribution >= 0.6 is 0 Å². The average Bonchev–Trinajstić information content (AvgIpc) is 3.27. The summed E-state index contributed by atoms with van der Waals surface area (Å²) in [7, 11) is 0. The van der Waals surface area contributed by atoms with E-state index < -0.39 is 30.6 Å². The fourth-order valence-corrected chi connectivity index (χ4v) is 1.62. The van der Waals surface area contributed by atoms with Gasteiger partial charge in [0.15, 0.2) is 0 Å². The zero-order valence-corrected chi connectivity index (χ0v) is 10.5. The van der Waals surface area contributed by atoms with Gasteiger partial charge in [-0.3, -0.25) is 4.79 Å². The molecule has 1 aromatic carbocycles. The zero-order chi connectivity index (χ0) is 16.5. The maximum absolute atomic E-state index is 12.8. The molecule has 0 amide bonds. The second kappa shape index (κ2) is 5.22. The van der Waals surface area contributed by atoms with Gasteiger partial charge in [0.2, 0.25) is 0 Å². The van der Waals surface area contributed by atoms with Crippen molar-refractivity contribution in [3.05, 3.63) is 35.4 Å². The lowest BCUT2D eigenvalue weighted by atomic mass is 10.00. The van der Waals surface area contributed by atoms with Crippen molar-refractivity contribution in [3.8, 4) is 0 Å². The lowest BCUT2D eigenvalue weighted by molar-refractivity contribution is -0.166.